The number of benzene rings is 2. The summed E-state index contributed by atoms with van der Waals surface area (Å²) in [7, 11) is -7.86. The Balaban J connectivity index is 1.66. The molecule has 0 atom stereocenters. The van der Waals surface area contributed by atoms with Crippen LogP contribution in [0.1, 0.15) is 20.7 Å². The van der Waals surface area contributed by atoms with Gasteiger partial charge in [0.1, 0.15) is 0 Å². The SMILES string of the molecule is O=C(O)c1ccc(S(=O)(=O)NNC(=O)c2ccc(S(=O)(=O)N3CCOCC3)cc2)cc1. The van der Waals surface area contributed by atoms with E-state index in [1.54, 1.807) is 0 Å². The Kier molecular flexibility index (Phi) is 6.71. The van der Waals surface area contributed by atoms with Gasteiger partial charge in [0.2, 0.25) is 10.0 Å². The number of sulfonamides is 2. The molecule has 2 aromatic rings. The fourth-order valence-electron chi connectivity index (χ4n) is 2.74. The highest BCUT2D eigenvalue weighted by molar-refractivity contribution is 7.89. The Morgan fingerprint density at radius 3 is 1.90 bits per heavy atom. The minimum absolute atomic E-state index is 0.00468. The maximum absolute atomic E-state index is 12.6. The number of hydrazine groups is 1. The number of ether oxygens (including phenoxy) is 1. The molecular formula is C18H19N3O8S2. The average Bonchev–Trinajstić information content (AvgIpc) is 2.78. The fraction of sp³-hybridized carbons (Fsp3) is 0.222. The molecule has 166 valence electrons. The van der Waals surface area contributed by atoms with Crippen LogP contribution in [-0.2, 0) is 24.8 Å². The Morgan fingerprint density at radius 1 is 0.839 bits per heavy atom. The summed E-state index contributed by atoms with van der Waals surface area (Å²) in [5, 5.41) is 8.86. The van der Waals surface area contributed by atoms with E-state index >= 15 is 0 Å². The van der Waals surface area contributed by atoms with Gasteiger partial charge in [-0.2, -0.15) is 4.31 Å². The zero-order valence-electron chi connectivity index (χ0n) is 16.0. The largest absolute Gasteiger partial charge is 0.478 e. The van der Waals surface area contributed by atoms with Crippen molar-refractivity contribution in [1.82, 2.24) is 14.6 Å². The molecule has 0 aromatic heterocycles. The summed E-state index contributed by atoms with van der Waals surface area (Å²) in [6.45, 7) is 1.08. The van der Waals surface area contributed by atoms with Crippen molar-refractivity contribution in [3.63, 3.8) is 0 Å². The van der Waals surface area contributed by atoms with Crippen LogP contribution in [-0.4, -0.2) is 64.4 Å². The second kappa shape index (κ2) is 9.11. The number of carboxylic acids is 1. The number of hydrogen-bond donors (Lipinski definition) is 3. The van der Waals surface area contributed by atoms with E-state index < -0.39 is 31.9 Å². The van der Waals surface area contributed by atoms with Gasteiger partial charge in [-0.3, -0.25) is 10.2 Å². The Morgan fingerprint density at radius 2 is 1.35 bits per heavy atom. The molecule has 11 nitrogen and oxygen atoms in total. The number of nitrogens with one attached hydrogen (secondary N) is 2. The standard InChI is InChI=1S/C18H19N3O8S2/c22-17(19-20-30(25,26)15-5-3-14(4-6-15)18(23)24)13-1-7-16(8-2-13)31(27,28)21-9-11-29-12-10-21/h1-8,20H,9-12H2,(H,19,22)(H,23,24). The minimum Gasteiger partial charge on any atom is -0.478 e. The van der Waals surface area contributed by atoms with Crippen LogP contribution in [0.3, 0.4) is 0 Å². The Hall–Kier alpha value is -2.84. The van der Waals surface area contributed by atoms with Crippen LogP contribution in [0, 0.1) is 0 Å². The van der Waals surface area contributed by atoms with Gasteiger partial charge >= 0.3 is 5.97 Å². The summed E-state index contributed by atoms with van der Waals surface area (Å²) in [4.78, 5) is 24.7. The fourth-order valence-corrected chi connectivity index (χ4v) is 4.98. The van der Waals surface area contributed by atoms with E-state index in [2.05, 4.69) is 0 Å². The van der Waals surface area contributed by atoms with Crippen molar-refractivity contribution in [2.24, 2.45) is 0 Å². The Labute approximate surface area is 178 Å². The van der Waals surface area contributed by atoms with Crippen molar-refractivity contribution in [3.05, 3.63) is 59.7 Å². The van der Waals surface area contributed by atoms with Gasteiger partial charge in [0.05, 0.1) is 28.6 Å². The topological polar surface area (TPSA) is 159 Å². The van der Waals surface area contributed by atoms with Gasteiger partial charge in [-0.15, -0.1) is 4.83 Å². The van der Waals surface area contributed by atoms with Gasteiger partial charge in [-0.05, 0) is 48.5 Å². The summed E-state index contributed by atoms with van der Waals surface area (Å²) in [5.41, 5.74) is 1.97. The molecule has 1 saturated heterocycles. The van der Waals surface area contributed by atoms with Crippen LogP contribution < -0.4 is 10.3 Å². The number of morpholine rings is 1. The van der Waals surface area contributed by atoms with Crippen molar-refractivity contribution >= 4 is 31.9 Å². The van der Waals surface area contributed by atoms with E-state index in [4.69, 9.17) is 9.84 Å². The second-order valence-electron chi connectivity index (χ2n) is 6.43. The summed E-state index contributed by atoms with van der Waals surface area (Å²) in [6, 6.07) is 9.46. The number of amides is 1. The van der Waals surface area contributed by atoms with Crippen molar-refractivity contribution < 1.29 is 36.3 Å². The molecule has 3 rings (SSSR count). The molecule has 0 unspecified atom stereocenters. The van der Waals surface area contributed by atoms with Gasteiger partial charge in [-0.25, -0.2) is 21.6 Å². The van der Waals surface area contributed by atoms with Crippen LogP contribution in [0.4, 0.5) is 0 Å². The van der Waals surface area contributed by atoms with E-state index in [0.29, 0.717) is 13.2 Å². The molecule has 0 saturated carbocycles. The van der Waals surface area contributed by atoms with Gasteiger partial charge < -0.3 is 9.84 Å². The molecule has 0 spiro atoms. The number of hydrogen-bond acceptors (Lipinski definition) is 7. The molecule has 31 heavy (non-hydrogen) atoms. The number of aromatic carboxylic acids is 1. The summed E-state index contributed by atoms with van der Waals surface area (Å²) < 4.78 is 56.1. The zero-order valence-corrected chi connectivity index (χ0v) is 17.6. The van der Waals surface area contributed by atoms with Gasteiger partial charge in [-0.1, -0.05) is 0 Å². The monoisotopic (exact) mass is 469 g/mol. The number of rotatable bonds is 7. The highest BCUT2D eigenvalue weighted by Crippen LogP contribution is 2.18. The van der Waals surface area contributed by atoms with Crippen molar-refractivity contribution in [1.29, 1.82) is 0 Å². The van der Waals surface area contributed by atoms with E-state index in [1.807, 2.05) is 10.3 Å². The molecule has 1 amide bonds. The smallest absolute Gasteiger partial charge is 0.335 e. The highest BCUT2D eigenvalue weighted by Gasteiger charge is 2.26. The Bertz CT molecular complexity index is 1170. The second-order valence-corrected chi connectivity index (χ2v) is 10.1. The summed E-state index contributed by atoms with van der Waals surface area (Å²) >= 11 is 0. The zero-order chi connectivity index (χ0) is 22.6. The molecule has 1 aliphatic rings. The van der Waals surface area contributed by atoms with Gasteiger partial charge in [0.25, 0.3) is 15.9 Å². The molecule has 0 radical (unpaired) electrons. The lowest BCUT2D eigenvalue weighted by molar-refractivity contribution is 0.0696. The molecule has 2 aromatic carbocycles. The third kappa shape index (κ3) is 5.26. The summed E-state index contributed by atoms with van der Waals surface area (Å²) in [5.74, 6) is -2.01. The van der Waals surface area contributed by atoms with Gasteiger partial charge in [0, 0.05) is 18.7 Å². The molecule has 0 aliphatic carbocycles. The van der Waals surface area contributed by atoms with E-state index in [1.165, 1.54) is 28.6 Å². The maximum atomic E-state index is 12.6. The molecule has 1 aliphatic heterocycles. The minimum atomic E-state index is -4.14. The lowest BCUT2D eigenvalue weighted by atomic mass is 10.2. The van der Waals surface area contributed by atoms with Gasteiger partial charge in [0.15, 0.2) is 0 Å². The highest BCUT2D eigenvalue weighted by atomic mass is 32.2. The predicted molar refractivity (Wildman–Crippen MR) is 107 cm³/mol. The van der Waals surface area contributed by atoms with Crippen LogP contribution in [0.5, 0.6) is 0 Å². The lowest BCUT2D eigenvalue weighted by Crippen LogP contribution is -2.41. The van der Waals surface area contributed by atoms with Crippen molar-refractivity contribution in [2.75, 3.05) is 26.3 Å². The molecular weight excluding hydrogens is 450 g/mol. The quantitative estimate of drug-likeness (QED) is 0.479. The first-order valence-electron chi connectivity index (χ1n) is 8.95. The molecule has 0 bridgehead atoms. The third-order valence-corrected chi connectivity index (χ3v) is 7.61. The molecule has 13 heteroatoms. The van der Waals surface area contributed by atoms with Crippen LogP contribution >= 0.6 is 0 Å². The number of carbonyl (C=O) groups excluding carboxylic acids is 1. The van der Waals surface area contributed by atoms with E-state index in [0.717, 1.165) is 24.3 Å². The van der Waals surface area contributed by atoms with Crippen LogP contribution in [0.25, 0.3) is 0 Å². The van der Waals surface area contributed by atoms with E-state index in [9.17, 15) is 26.4 Å². The van der Waals surface area contributed by atoms with Crippen LogP contribution in [0.15, 0.2) is 58.3 Å². The molecule has 1 fully saturated rings. The first kappa shape index (κ1) is 22.8. The lowest BCUT2D eigenvalue weighted by Gasteiger charge is -2.26. The normalized spacial score (nSPS) is 15.4. The molecule has 1 heterocycles. The maximum Gasteiger partial charge on any atom is 0.335 e. The van der Waals surface area contributed by atoms with Crippen molar-refractivity contribution in [3.8, 4) is 0 Å². The van der Waals surface area contributed by atoms with E-state index in [-0.39, 0.29) is 34.0 Å². The van der Waals surface area contributed by atoms with Crippen molar-refractivity contribution in [2.45, 2.75) is 9.79 Å². The first-order chi connectivity index (χ1) is 14.6. The number of nitrogens with zero attached hydrogens (tertiary/aromatic N) is 1. The average molecular weight is 469 g/mol. The van der Waals surface area contributed by atoms with Crippen LogP contribution in [0.2, 0.25) is 0 Å². The number of carbonyl (C=O) groups is 2. The predicted octanol–water partition coefficient (Wildman–Crippen LogP) is 0.0290. The first-order valence-corrected chi connectivity index (χ1v) is 11.9. The summed E-state index contributed by atoms with van der Waals surface area (Å²) in [6.07, 6.45) is 0. The molecule has 3 N–H and O–H groups in total. The third-order valence-electron chi connectivity index (χ3n) is 4.43. The number of carboxylic acid groups (broad SMARTS) is 1.